The monoisotopic (exact) mass is 395 g/mol. The van der Waals surface area contributed by atoms with Gasteiger partial charge in [-0.1, -0.05) is 13.3 Å². The first kappa shape index (κ1) is 20.2. The molecule has 0 spiro atoms. The minimum atomic E-state index is -0.437. The lowest BCUT2D eigenvalue weighted by Gasteiger charge is -2.28. The lowest BCUT2D eigenvalue weighted by atomic mass is 10.2. The number of carbonyl (C=O) groups is 2. The molecule has 2 fully saturated rings. The average molecular weight is 396 g/mol. The van der Waals surface area contributed by atoms with E-state index in [1.807, 2.05) is 0 Å². The third-order valence-corrected chi connectivity index (χ3v) is 6.31. The van der Waals surface area contributed by atoms with E-state index < -0.39 is 6.04 Å². The van der Waals surface area contributed by atoms with Gasteiger partial charge in [-0.05, 0) is 31.5 Å². The molecule has 0 aliphatic carbocycles. The van der Waals surface area contributed by atoms with Crippen molar-refractivity contribution in [1.82, 2.24) is 15.1 Å². The molecule has 150 valence electrons. The highest BCUT2D eigenvalue weighted by molar-refractivity contribution is 8.00. The second-order valence-corrected chi connectivity index (χ2v) is 8.09. The van der Waals surface area contributed by atoms with Crippen LogP contribution in [-0.2, 0) is 9.53 Å². The van der Waals surface area contributed by atoms with E-state index in [2.05, 4.69) is 17.1 Å². The minimum absolute atomic E-state index is 0.0247. The van der Waals surface area contributed by atoms with Gasteiger partial charge in [0.1, 0.15) is 6.04 Å². The van der Waals surface area contributed by atoms with Crippen molar-refractivity contribution in [2.45, 2.75) is 37.6 Å². The predicted octanol–water partition coefficient (Wildman–Crippen LogP) is 1.80. The van der Waals surface area contributed by atoms with Gasteiger partial charge in [-0.2, -0.15) is 0 Å². The van der Waals surface area contributed by atoms with Crippen LogP contribution in [0.15, 0.2) is 22.8 Å². The second kappa shape index (κ2) is 10.1. The third kappa shape index (κ3) is 5.27. The Morgan fingerprint density at radius 3 is 2.85 bits per heavy atom. The highest BCUT2D eigenvalue weighted by Gasteiger charge is 2.42. The molecule has 2 aliphatic rings. The van der Waals surface area contributed by atoms with Gasteiger partial charge in [0.05, 0.1) is 24.9 Å². The van der Waals surface area contributed by atoms with Gasteiger partial charge < -0.3 is 19.4 Å². The number of ether oxygens (including phenoxy) is 1. The van der Waals surface area contributed by atoms with Crippen LogP contribution in [0, 0.1) is 0 Å². The van der Waals surface area contributed by atoms with Crippen molar-refractivity contribution in [2.24, 2.45) is 0 Å². The molecule has 8 heteroatoms. The van der Waals surface area contributed by atoms with Crippen molar-refractivity contribution < 1.29 is 18.7 Å². The molecule has 3 rings (SSSR count). The van der Waals surface area contributed by atoms with Crippen molar-refractivity contribution in [2.75, 3.05) is 45.1 Å². The van der Waals surface area contributed by atoms with Gasteiger partial charge in [0.15, 0.2) is 5.76 Å². The Kier molecular flexibility index (Phi) is 7.60. The van der Waals surface area contributed by atoms with Crippen LogP contribution in [0.25, 0.3) is 0 Å². The van der Waals surface area contributed by atoms with E-state index in [-0.39, 0.29) is 17.2 Å². The lowest BCUT2D eigenvalue weighted by molar-refractivity contribution is -0.124. The van der Waals surface area contributed by atoms with Gasteiger partial charge in [-0.25, -0.2) is 0 Å². The molecule has 2 aliphatic heterocycles. The average Bonchev–Trinajstić information content (AvgIpc) is 3.36. The molecule has 2 atom stereocenters. The van der Waals surface area contributed by atoms with Crippen LogP contribution in [0.5, 0.6) is 0 Å². The Hall–Kier alpha value is -1.51. The summed E-state index contributed by atoms with van der Waals surface area (Å²) in [6.07, 6.45) is 4.23. The number of nitrogens with zero attached hydrogens (tertiary/aromatic N) is 2. The molecule has 2 unspecified atom stereocenters. The molecular weight excluding hydrogens is 366 g/mol. The smallest absolute Gasteiger partial charge is 0.291 e. The number of hydrogen-bond acceptors (Lipinski definition) is 6. The fraction of sp³-hybridized carbons (Fsp3) is 0.684. The number of rotatable bonds is 8. The number of hydrogen-bond donors (Lipinski definition) is 1. The lowest BCUT2D eigenvalue weighted by Crippen LogP contribution is -2.50. The Balaban J connectivity index is 1.52. The number of furan rings is 1. The molecule has 0 radical (unpaired) electrons. The number of amides is 2. The Labute approximate surface area is 164 Å². The van der Waals surface area contributed by atoms with Crippen LogP contribution in [0.2, 0.25) is 0 Å². The van der Waals surface area contributed by atoms with E-state index in [0.29, 0.717) is 18.1 Å². The molecule has 27 heavy (non-hydrogen) atoms. The topological polar surface area (TPSA) is 75.0 Å². The molecule has 2 amide bonds. The highest BCUT2D eigenvalue weighted by Crippen LogP contribution is 2.33. The number of thioether (sulfide) groups is 1. The Bertz CT molecular complexity index is 604. The summed E-state index contributed by atoms with van der Waals surface area (Å²) in [6, 6.07) is 2.92. The molecule has 1 aromatic heterocycles. The molecule has 3 heterocycles. The maximum absolute atomic E-state index is 12.9. The van der Waals surface area contributed by atoms with Crippen molar-refractivity contribution in [3.63, 3.8) is 0 Å². The summed E-state index contributed by atoms with van der Waals surface area (Å²) < 4.78 is 10.6. The van der Waals surface area contributed by atoms with Gasteiger partial charge in [-0.3, -0.25) is 14.5 Å². The van der Waals surface area contributed by atoms with Crippen molar-refractivity contribution in [1.29, 1.82) is 0 Å². The van der Waals surface area contributed by atoms with E-state index in [4.69, 9.17) is 9.15 Å². The van der Waals surface area contributed by atoms with E-state index in [9.17, 15) is 9.59 Å². The zero-order valence-electron chi connectivity index (χ0n) is 15.9. The van der Waals surface area contributed by atoms with Crippen molar-refractivity contribution in [3.8, 4) is 0 Å². The number of nitrogens with one attached hydrogen (secondary N) is 1. The van der Waals surface area contributed by atoms with Crippen LogP contribution >= 0.6 is 11.8 Å². The number of carbonyl (C=O) groups excluding carboxylic acids is 2. The summed E-state index contributed by atoms with van der Waals surface area (Å²) >= 11 is 1.68. The fourth-order valence-corrected chi connectivity index (χ4v) is 5.01. The molecule has 2 saturated heterocycles. The molecule has 1 aromatic rings. The summed E-state index contributed by atoms with van der Waals surface area (Å²) in [6.45, 7) is 7.15. The van der Waals surface area contributed by atoms with Gasteiger partial charge in [0, 0.05) is 25.4 Å². The van der Waals surface area contributed by atoms with Gasteiger partial charge >= 0.3 is 0 Å². The summed E-state index contributed by atoms with van der Waals surface area (Å²) in [4.78, 5) is 29.7. The molecular formula is C19H29N3O4S. The normalized spacial score (nSPS) is 23.5. The van der Waals surface area contributed by atoms with E-state index in [0.717, 1.165) is 52.1 Å². The Morgan fingerprint density at radius 2 is 2.15 bits per heavy atom. The Morgan fingerprint density at radius 1 is 1.33 bits per heavy atom. The zero-order valence-corrected chi connectivity index (χ0v) is 16.7. The molecule has 0 saturated carbocycles. The zero-order chi connectivity index (χ0) is 19.1. The fourth-order valence-electron chi connectivity index (χ4n) is 3.49. The SMILES string of the molecule is CCCC1SCC(C(=O)NCCCN2CCOCC2)N1C(=O)c1ccco1. The summed E-state index contributed by atoms with van der Waals surface area (Å²) in [7, 11) is 0. The quantitative estimate of drug-likeness (QED) is 0.677. The van der Waals surface area contributed by atoms with E-state index >= 15 is 0 Å². The minimum Gasteiger partial charge on any atom is -0.459 e. The molecule has 0 bridgehead atoms. The van der Waals surface area contributed by atoms with Crippen LogP contribution in [0.4, 0.5) is 0 Å². The number of morpholine rings is 1. The van der Waals surface area contributed by atoms with E-state index in [1.54, 1.807) is 28.8 Å². The summed E-state index contributed by atoms with van der Waals surface area (Å²) in [5.74, 6) is 0.662. The van der Waals surface area contributed by atoms with Crippen molar-refractivity contribution >= 4 is 23.6 Å². The summed E-state index contributed by atoms with van der Waals surface area (Å²) in [5, 5.41) is 3.05. The molecule has 0 aromatic carbocycles. The summed E-state index contributed by atoms with van der Waals surface area (Å²) in [5.41, 5.74) is 0. The van der Waals surface area contributed by atoms with Crippen LogP contribution < -0.4 is 5.32 Å². The third-order valence-electron chi connectivity index (χ3n) is 4.95. The largest absolute Gasteiger partial charge is 0.459 e. The van der Waals surface area contributed by atoms with Crippen LogP contribution in [0.1, 0.15) is 36.7 Å². The van der Waals surface area contributed by atoms with Gasteiger partial charge in [0.2, 0.25) is 5.91 Å². The van der Waals surface area contributed by atoms with Crippen LogP contribution in [-0.4, -0.2) is 78.2 Å². The van der Waals surface area contributed by atoms with Gasteiger partial charge in [0.25, 0.3) is 5.91 Å². The second-order valence-electron chi connectivity index (χ2n) is 6.88. The van der Waals surface area contributed by atoms with Crippen molar-refractivity contribution in [3.05, 3.63) is 24.2 Å². The standard InChI is InChI=1S/C19H29N3O4S/c1-2-5-17-22(19(24)16-6-3-11-26-16)15(14-27-17)18(23)20-7-4-8-21-9-12-25-13-10-21/h3,6,11,15,17H,2,4-5,7-10,12-14H2,1H3,(H,20,23). The molecule has 7 nitrogen and oxygen atoms in total. The highest BCUT2D eigenvalue weighted by atomic mass is 32.2. The van der Waals surface area contributed by atoms with Crippen LogP contribution in [0.3, 0.4) is 0 Å². The van der Waals surface area contributed by atoms with Gasteiger partial charge in [-0.15, -0.1) is 11.8 Å². The first-order chi connectivity index (χ1) is 13.2. The first-order valence-electron chi connectivity index (χ1n) is 9.76. The maximum atomic E-state index is 12.9. The predicted molar refractivity (Wildman–Crippen MR) is 105 cm³/mol. The molecule has 1 N–H and O–H groups in total. The first-order valence-corrected chi connectivity index (χ1v) is 10.8. The van der Waals surface area contributed by atoms with E-state index in [1.165, 1.54) is 6.26 Å². The maximum Gasteiger partial charge on any atom is 0.291 e.